The molecule has 1 aromatic carbocycles. The summed E-state index contributed by atoms with van der Waals surface area (Å²) >= 11 is 3.86. The second-order valence-electron chi connectivity index (χ2n) is 4.48. The molecule has 1 unspecified atom stereocenters. The maximum absolute atomic E-state index is 11.9. The molecule has 1 rings (SSSR count). The number of thiol groups is 1. The van der Waals surface area contributed by atoms with Gasteiger partial charge in [-0.05, 0) is 0 Å². The second kappa shape index (κ2) is 7.69. The molecule has 0 fully saturated rings. The van der Waals surface area contributed by atoms with Gasteiger partial charge in [-0.15, -0.1) is 0 Å². The zero-order valence-electron chi connectivity index (χ0n) is 11.1. The normalized spacial score (nSPS) is 13.3. The number of carbonyl (C=O) groups is 3. The van der Waals surface area contributed by atoms with Gasteiger partial charge in [0.15, 0.2) is 5.78 Å². The van der Waals surface area contributed by atoms with Gasteiger partial charge in [0.2, 0.25) is 5.91 Å². The van der Waals surface area contributed by atoms with E-state index in [1.807, 2.05) is 0 Å². The van der Waals surface area contributed by atoms with Crippen molar-refractivity contribution in [3.63, 3.8) is 0 Å². The number of benzene rings is 1. The van der Waals surface area contributed by atoms with Crippen LogP contribution in [0.1, 0.15) is 23.7 Å². The summed E-state index contributed by atoms with van der Waals surface area (Å²) in [7, 11) is 0. The van der Waals surface area contributed by atoms with E-state index in [0.717, 1.165) is 0 Å². The zero-order valence-corrected chi connectivity index (χ0v) is 12.0. The van der Waals surface area contributed by atoms with Crippen molar-refractivity contribution >= 4 is 30.3 Å². The van der Waals surface area contributed by atoms with E-state index in [9.17, 15) is 14.4 Å². The van der Waals surface area contributed by atoms with Gasteiger partial charge in [0.25, 0.3) is 0 Å². The molecule has 0 spiro atoms. The van der Waals surface area contributed by atoms with Crippen LogP contribution in [0.5, 0.6) is 0 Å². The number of Topliss-reactive ketones (excluding diaryl/α,β-unsaturated/α-hetero) is 1. The quantitative estimate of drug-likeness (QED) is 0.524. The summed E-state index contributed by atoms with van der Waals surface area (Å²) in [4.78, 5) is 34.6. The molecule has 1 aromatic rings. The third kappa shape index (κ3) is 4.70. The van der Waals surface area contributed by atoms with Gasteiger partial charge < -0.3 is 10.4 Å². The van der Waals surface area contributed by atoms with Gasteiger partial charge in [0.05, 0.1) is 0 Å². The summed E-state index contributed by atoms with van der Waals surface area (Å²) < 4.78 is 0. The minimum absolute atomic E-state index is 0.000422. The lowest BCUT2D eigenvalue weighted by Crippen LogP contribution is -2.44. The monoisotopic (exact) mass is 295 g/mol. The van der Waals surface area contributed by atoms with Crippen LogP contribution in [0.15, 0.2) is 30.3 Å². The smallest absolute Gasteiger partial charge is 0.327 e. The van der Waals surface area contributed by atoms with Crippen LogP contribution in [0, 0.1) is 5.92 Å². The van der Waals surface area contributed by atoms with E-state index in [-0.39, 0.29) is 18.0 Å². The molecule has 0 bridgehead atoms. The van der Waals surface area contributed by atoms with E-state index in [0.29, 0.717) is 5.56 Å². The van der Waals surface area contributed by atoms with Crippen LogP contribution in [0.4, 0.5) is 0 Å². The Balaban J connectivity index is 2.58. The Kier molecular flexibility index (Phi) is 6.24. The molecule has 0 aliphatic carbocycles. The Hall–Kier alpha value is -1.82. The maximum Gasteiger partial charge on any atom is 0.327 e. The predicted molar refractivity (Wildman–Crippen MR) is 78.0 cm³/mol. The Morgan fingerprint density at radius 2 is 1.85 bits per heavy atom. The summed E-state index contributed by atoms with van der Waals surface area (Å²) in [5.41, 5.74) is 0.538. The Morgan fingerprint density at radius 1 is 1.25 bits per heavy atom. The van der Waals surface area contributed by atoms with Crippen LogP contribution in [0.25, 0.3) is 0 Å². The molecule has 20 heavy (non-hydrogen) atoms. The Morgan fingerprint density at radius 3 is 2.35 bits per heavy atom. The Bertz CT molecular complexity index is 489. The number of hydrogen-bond acceptors (Lipinski definition) is 4. The highest BCUT2D eigenvalue weighted by atomic mass is 32.1. The Labute approximate surface area is 122 Å². The first kappa shape index (κ1) is 16.2. The lowest BCUT2D eigenvalue weighted by Gasteiger charge is -2.15. The number of carbonyl (C=O) groups excluding carboxylic acids is 2. The van der Waals surface area contributed by atoms with Crippen molar-refractivity contribution in [1.29, 1.82) is 0 Å². The standard InChI is InChI=1S/C14H17NO4S/c1-9(13(17)15-11(8-20)14(18)19)7-12(16)10-5-3-2-4-6-10/h2-6,9,11,20H,7-8H2,1H3,(H,15,17)(H,18,19)/t9?,11-/m0/s1. The van der Waals surface area contributed by atoms with E-state index in [1.165, 1.54) is 0 Å². The average Bonchev–Trinajstić information content (AvgIpc) is 2.44. The third-order valence-electron chi connectivity index (χ3n) is 2.83. The van der Waals surface area contributed by atoms with Crippen LogP contribution >= 0.6 is 12.6 Å². The van der Waals surface area contributed by atoms with Crippen molar-refractivity contribution in [2.45, 2.75) is 19.4 Å². The third-order valence-corrected chi connectivity index (χ3v) is 3.20. The first-order valence-electron chi connectivity index (χ1n) is 6.18. The number of rotatable bonds is 7. The molecular formula is C14H17NO4S. The van der Waals surface area contributed by atoms with Gasteiger partial charge in [-0.2, -0.15) is 12.6 Å². The predicted octanol–water partition coefficient (Wildman–Crippen LogP) is 1.39. The largest absolute Gasteiger partial charge is 0.480 e. The van der Waals surface area contributed by atoms with Crippen molar-refractivity contribution in [1.82, 2.24) is 5.32 Å². The zero-order chi connectivity index (χ0) is 15.1. The SMILES string of the molecule is CC(CC(=O)c1ccccc1)C(=O)N[C@@H](CS)C(=O)O. The molecule has 1 amide bonds. The number of ketones is 1. The number of hydrogen-bond donors (Lipinski definition) is 3. The summed E-state index contributed by atoms with van der Waals surface area (Å²) in [6.45, 7) is 1.59. The summed E-state index contributed by atoms with van der Waals surface area (Å²) in [6.07, 6.45) is 0.0365. The first-order chi connectivity index (χ1) is 9.45. The molecule has 0 saturated carbocycles. The van der Waals surface area contributed by atoms with Crippen molar-refractivity contribution in [2.75, 3.05) is 5.75 Å². The van der Waals surface area contributed by atoms with Crippen LogP contribution in [0.2, 0.25) is 0 Å². The summed E-state index contributed by atoms with van der Waals surface area (Å²) in [6, 6.07) is 7.62. The number of nitrogens with one attached hydrogen (secondary N) is 1. The van der Waals surface area contributed by atoms with Gasteiger partial charge in [-0.1, -0.05) is 37.3 Å². The lowest BCUT2D eigenvalue weighted by atomic mass is 9.99. The molecule has 2 atom stereocenters. The fraction of sp³-hybridized carbons (Fsp3) is 0.357. The first-order valence-corrected chi connectivity index (χ1v) is 6.81. The van der Waals surface area contributed by atoms with Gasteiger partial charge in [0, 0.05) is 23.7 Å². The highest BCUT2D eigenvalue weighted by Crippen LogP contribution is 2.10. The highest BCUT2D eigenvalue weighted by molar-refractivity contribution is 7.80. The fourth-order valence-corrected chi connectivity index (χ4v) is 1.86. The van der Waals surface area contributed by atoms with E-state index < -0.39 is 23.8 Å². The molecular weight excluding hydrogens is 278 g/mol. The molecule has 0 aliphatic rings. The van der Waals surface area contributed by atoms with Crippen molar-refractivity contribution in [2.24, 2.45) is 5.92 Å². The highest BCUT2D eigenvalue weighted by Gasteiger charge is 2.23. The molecule has 6 heteroatoms. The van der Waals surface area contributed by atoms with E-state index in [4.69, 9.17) is 5.11 Å². The van der Waals surface area contributed by atoms with Gasteiger partial charge in [0.1, 0.15) is 6.04 Å². The average molecular weight is 295 g/mol. The second-order valence-corrected chi connectivity index (χ2v) is 4.84. The molecule has 0 aromatic heterocycles. The molecule has 0 heterocycles. The molecule has 0 saturated heterocycles. The van der Waals surface area contributed by atoms with Crippen molar-refractivity contribution in [3.8, 4) is 0 Å². The number of aliphatic carboxylic acids is 1. The van der Waals surface area contributed by atoms with Gasteiger partial charge in [-0.25, -0.2) is 4.79 Å². The molecule has 2 N–H and O–H groups in total. The van der Waals surface area contributed by atoms with Crippen LogP contribution < -0.4 is 5.32 Å². The number of amides is 1. The fourth-order valence-electron chi connectivity index (χ4n) is 1.61. The van der Waals surface area contributed by atoms with Gasteiger partial charge in [-0.3, -0.25) is 9.59 Å². The maximum atomic E-state index is 11.9. The molecule has 0 aliphatic heterocycles. The lowest BCUT2D eigenvalue weighted by molar-refractivity contribution is -0.141. The van der Waals surface area contributed by atoms with Crippen molar-refractivity contribution < 1.29 is 19.5 Å². The van der Waals surface area contributed by atoms with E-state index >= 15 is 0 Å². The minimum atomic E-state index is -1.14. The minimum Gasteiger partial charge on any atom is -0.480 e. The van der Waals surface area contributed by atoms with E-state index in [1.54, 1.807) is 37.3 Å². The number of carboxylic acid groups (broad SMARTS) is 1. The van der Waals surface area contributed by atoms with Crippen LogP contribution in [0.3, 0.4) is 0 Å². The van der Waals surface area contributed by atoms with Crippen LogP contribution in [-0.2, 0) is 9.59 Å². The topological polar surface area (TPSA) is 83.5 Å². The molecule has 5 nitrogen and oxygen atoms in total. The van der Waals surface area contributed by atoms with Gasteiger partial charge >= 0.3 is 5.97 Å². The summed E-state index contributed by atoms with van der Waals surface area (Å²) in [5, 5.41) is 11.2. The van der Waals surface area contributed by atoms with E-state index in [2.05, 4.69) is 17.9 Å². The number of carboxylic acids is 1. The molecule has 0 radical (unpaired) electrons. The van der Waals surface area contributed by atoms with Crippen molar-refractivity contribution in [3.05, 3.63) is 35.9 Å². The van der Waals surface area contributed by atoms with Crippen LogP contribution in [-0.4, -0.2) is 34.6 Å². The molecule has 108 valence electrons. The summed E-state index contributed by atoms with van der Waals surface area (Å²) in [5.74, 6) is -2.35.